The number of nitriles is 1. The van der Waals surface area contributed by atoms with Gasteiger partial charge in [-0.1, -0.05) is 5.16 Å². The van der Waals surface area contributed by atoms with Crippen LogP contribution in [0, 0.1) is 11.3 Å². The minimum absolute atomic E-state index is 0.189. The number of hydrogen-bond acceptors (Lipinski definition) is 5. The molecule has 0 spiro atoms. The van der Waals surface area contributed by atoms with E-state index in [2.05, 4.69) is 16.2 Å². The van der Waals surface area contributed by atoms with E-state index in [9.17, 15) is 0 Å². The molecule has 0 aliphatic rings. The Labute approximate surface area is 105 Å². The maximum Gasteiger partial charge on any atom is 0.258 e. The van der Waals surface area contributed by atoms with Crippen LogP contribution in [0.4, 0.5) is 0 Å². The van der Waals surface area contributed by atoms with Crippen LogP contribution in [-0.4, -0.2) is 16.7 Å². The monoisotopic (exact) mass is 243 g/mol. The highest BCUT2D eigenvalue weighted by molar-refractivity contribution is 5.54. The van der Waals surface area contributed by atoms with Crippen molar-refractivity contribution in [1.29, 1.82) is 5.26 Å². The first-order valence-electron chi connectivity index (χ1n) is 5.70. The van der Waals surface area contributed by atoms with Crippen LogP contribution in [0.2, 0.25) is 0 Å². The van der Waals surface area contributed by atoms with E-state index >= 15 is 0 Å². The van der Waals surface area contributed by atoms with Crippen LogP contribution in [0.15, 0.2) is 28.8 Å². The van der Waals surface area contributed by atoms with Crippen LogP contribution >= 0.6 is 0 Å². The van der Waals surface area contributed by atoms with Gasteiger partial charge >= 0.3 is 0 Å². The molecule has 0 amide bonds. The predicted molar refractivity (Wildman–Crippen MR) is 64.5 cm³/mol. The van der Waals surface area contributed by atoms with Crippen molar-refractivity contribution < 1.29 is 9.26 Å². The lowest BCUT2D eigenvalue weighted by Crippen LogP contribution is -2.01. The highest BCUT2D eigenvalue weighted by Crippen LogP contribution is 2.20. The normalized spacial score (nSPS) is 12.1. The molecule has 5 heteroatoms. The Hall–Kier alpha value is -2.19. The van der Waals surface area contributed by atoms with Gasteiger partial charge in [-0.15, -0.1) is 0 Å². The van der Waals surface area contributed by atoms with Crippen molar-refractivity contribution in [2.24, 2.45) is 0 Å². The second-order valence-electron chi connectivity index (χ2n) is 3.74. The minimum Gasteiger partial charge on any atom is -0.371 e. The molecule has 1 aromatic heterocycles. The Morgan fingerprint density at radius 3 is 2.72 bits per heavy atom. The molecular weight excluding hydrogens is 230 g/mol. The maximum absolute atomic E-state index is 8.72. The smallest absolute Gasteiger partial charge is 0.258 e. The van der Waals surface area contributed by atoms with E-state index in [-0.39, 0.29) is 6.10 Å². The molecule has 0 aliphatic heterocycles. The van der Waals surface area contributed by atoms with E-state index in [4.69, 9.17) is 14.5 Å². The van der Waals surface area contributed by atoms with Crippen LogP contribution < -0.4 is 0 Å². The predicted octanol–water partition coefficient (Wildman–Crippen LogP) is 2.71. The van der Waals surface area contributed by atoms with Crippen LogP contribution in [-0.2, 0) is 4.74 Å². The highest BCUT2D eigenvalue weighted by Gasteiger charge is 2.14. The maximum atomic E-state index is 8.72. The summed E-state index contributed by atoms with van der Waals surface area (Å²) in [6.07, 6.45) is -0.189. The number of benzene rings is 1. The van der Waals surface area contributed by atoms with E-state index in [1.54, 1.807) is 24.3 Å². The molecule has 1 heterocycles. The Morgan fingerprint density at radius 1 is 1.39 bits per heavy atom. The lowest BCUT2D eigenvalue weighted by atomic mass is 10.1. The Kier molecular flexibility index (Phi) is 3.70. The van der Waals surface area contributed by atoms with Crippen molar-refractivity contribution in [2.45, 2.75) is 20.0 Å². The molecule has 2 aromatic rings. The van der Waals surface area contributed by atoms with E-state index in [0.29, 0.717) is 23.9 Å². The summed E-state index contributed by atoms with van der Waals surface area (Å²) in [7, 11) is 0. The third kappa shape index (κ3) is 2.55. The van der Waals surface area contributed by atoms with Crippen LogP contribution in [0.5, 0.6) is 0 Å². The van der Waals surface area contributed by atoms with Gasteiger partial charge in [-0.3, -0.25) is 0 Å². The van der Waals surface area contributed by atoms with Gasteiger partial charge in [0.1, 0.15) is 6.10 Å². The Bertz CT molecular complexity index is 554. The molecule has 0 fully saturated rings. The third-order valence-electron chi connectivity index (χ3n) is 2.48. The molecule has 0 aliphatic carbocycles. The molecule has 18 heavy (non-hydrogen) atoms. The zero-order valence-corrected chi connectivity index (χ0v) is 10.3. The number of rotatable bonds is 4. The van der Waals surface area contributed by atoms with Gasteiger partial charge in [0, 0.05) is 12.2 Å². The second kappa shape index (κ2) is 5.43. The molecular formula is C13H13N3O2. The summed E-state index contributed by atoms with van der Waals surface area (Å²) in [5, 5.41) is 12.6. The van der Waals surface area contributed by atoms with Crippen molar-refractivity contribution in [1.82, 2.24) is 10.1 Å². The van der Waals surface area contributed by atoms with Crippen LogP contribution in [0.3, 0.4) is 0 Å². The molecule has 0 saturated carbocycles. The summed E-state index contributed by atoms with van der Waals surface area (Å²) >= 11 is 0. The van der Waals surface area contributed by atoms with Crippen molar-refractivity contribution in [3.05, 3.63) is 35.7 Å². The summed E-state index contributed by atoms with van der Waals surface area (Å²) in [4.78, 5) is 4.27. The van der Waals surface area contributed by atoms with Gasteiger partial charge in [0.2, 0.25) is 5.82 Å². The van der Waals surface area contributed by atoms with Gasteiger partial charge in [0.25, 0.3) is 5.89 Å². The number of ether oxygens (including phenoxy) is 1. The van der Waals surface area contributed by atoms with E-state index in [0.717, 1.165) is 5.56 Å². The molecule has 1 aromatic carbocycles. The van der Waals surface area contributed by atoms with E-state index in [1.807, 2.05) is 13.8 Å². The molecule has 92 valence electrons. The average Bonchev–Trinajstić information content (AvgIpc) is 2.89. The SMILES string of the molecule is CCOC(C)c1noc(-c2ccc(C#N)cc2)n1. The zero-order valence-electron chi connectivity index (χ0n) is 10.3. The number of hydrogen-bond donors (Lipinski definition) is 0. The average molecular weight is 243 g/mol. The third-order valence-corrected chi connectivity index (χ3v) is 2.48. The highest BCUT2D eigenvalue weighted by atomic mass is 16.5. The summed E-state index contributed by atoms with van der Waals surface area (Å²) in [6, 6.07) is 9.04. The second-order valence-corrected chi connectivity index (χ2v) is 3.74. The van der Waals surface area contributed by atoms with Gasteiger partial charge in [-0.2, -0.15) is 10.2 Å². The Balaban J connectivity index is 2.21. The van der Waals surface area contributed by atoms with Crippen molar-refractivity contribution in [3.63, 3.8) is 0 Å². The molecule has 1 unspecified atom stereocenters. The van der Waals surface area contributed by atoms with Gasteiger partial charge in [0.05, 0.1) is 11.6 Å². The molecule has 0 radical (unpaired) electrons. The minimum atomic E-state index is -0.189. The number of nitrogens with zero attached hydrogens (tertiary/aromatic N) is 3. The van der Waals surface area contributed by atoms with Gasteiger partial charge in [-0.05, 0) is 38.1 Å². The number of aromatic nitrogens is 2. The van der Waals surface area contributed by atoms with Crippen LogP contribution in [0.25, 0.3) is 11.5 Å². The van der Waals surface area contributed by atoms with Crippen LogP contribution in [0.1, 0.15) is 31.3 Å². The zero-order chi connectivity index (χ0) is 13.0. The summed E-state index contributed by atoms with van der Waals surface area (Å²) < 4.78 is 10.6. The molecule has 0 N–H and O–H groups in total. The largest absolute Gasteiger partial charge is 0.371 e. The first-order valence-corrected chi connectivity index (χ1v) is 5.70. The van der Waals surface area contributed by atoms with Gasteiger partial charge in [0.15, 0.2) is 0 Å². The fourth-order valence-electron chi connectivity index (χ4n) is 1.53. The quantitative estimate of drug-likeness (QED) is 0.825. The van der Waals surface area contributed by atoms with Crippen molar-refractivity contribution in [3.8, 4) is 17.5 Å². The summed E-state index contributed by atoms with van der Waals surface area (Å²) in [6.45, 7) is 4.39. The summed E-state index contributed by atoms with van der Waals surface area (Å²) in [5.74, 6) is 0.956. The fourth-order valence-corrected chi connectivity index (χ4v) is 1.53. The Morgan fingerprint density at radius 2 is 2.11 bits per heavy atom. The van der Waals surface area contributed by atoms with Gasteiger partial charge < -0.3 is 9.26 Å². The first-order chi connectivity index (χ1) is 8.74. The lowest BCUT2D eigenvalue weighted by Gasteiger charge is -2.04. The first kappa shape index (κ1) is 12.3. The molecule has 2 rings (SSSR count). The van der Waals surface area contributed by atoms with E-state index in [1.165, 1.54) is 0 Å². The molecule has 5 nitrogen and oxygen atoms in total. The van der Waals surface area contributed by atoms with Crippen molar-refractivity contribution in [2.75, 3.05) is 6.61 Å². The van der Waals surface area contributed by atoms with Gasteiger partial charge in [-0.25, -0.2) is 0 Å². The van der Waals surface area contributed by atoms with Crippen molar-refractivity contribution >= 4 is 0 Å². The topological polar surface area (TPSA) is 71.9 Å². The molecule has 0 saturated heterocycles. The lowest BCUT2D eigenvalue weighted by molar-refractivity contribution is 0.0683. The molecule has 1 atom stereocenters. The summed E-state index contributed by atoms with van der Waals surface area (Å²) in [5.41, 5.74) is 1.39. The molecule has 0 bridgehead atoms. The standard InChI is InChI=1S/C13H13N3O2/c1-3-17-9(2)12-15-13(18-16-12)11-6-4-10(8-14)5-7-11/h4-7,9H,3H2,1-2H3. The van der Waals surface area contributed by atoms with E-state index < -0.39 is 0 Å². The fraction of sp³-hybridized carbons (Fsp3) is 0.308.